The Kier molecular flexibility index (Phi) is 7.25. The average Bonchev–Trinajstić information content (AvgIpc) is 3.56. The summed E-state index contributed by atoms with van der Waals surface area (Å²) < 4.78 is 54.8. The summed E-state index contributed by atoms with van der Waals surface area (Å²) in [5, 5.41) is 15.1. The number of hydrogen-bond donors (Lipinski definition) is 3. The molecule has 0 aromatic heterocycles. The number of amides is 4. The highest BCUT2D eigenvalue weighted by atomic mass is 19.4. The Hall–Kier alpha value is -2.76. The zero-order valence-electron chi connectivity index (χ0n) is 18.4. The highest BCUT2D eigenvalue weighted by Gasteiger charge is 2.45. The second kappa shape index (κ2) is 9.62. The third-order valence-electron chi connectivity index (χ3n) is 5.87. The number of halogens is 4. The van der Waals surface area contributed by atoms with Crippen LogP contribution in [0.3, 0.4) is 0 Å². The molecule has 4 amide bonds. The molecule has 1 saturated carbocycles. The van der Waals surface area contributed by atoms with Gasteiger partial charge in [-0.3, -0.25) is 0 Å². The van der Waals surface area contributed by atoms with Crippen molar-refractivity contribution in [3.05, 3.63) is 29.6 Å². The van der Waals surface area contributed by atoms with Crippen LogP contribution in [0.2, 0.25) is 0 Å². The molecule has 0 radical (unpaired) electrons. The molecule has 2 aliphatic rings. The van der Waals surface area contributed by atoms with E-state index in [9.17, 15) is 32.3 Å². The van der Waals surface area contributed by atoms with E-state index in [4.69, 9.17) is 0 Å². The molecule has 1 aromatic rings. The van der Waals surface area contributed by atoms with Gasteiger partial charge in [-0.1, -0.05) is 13.0 Å². The molecule has 0 spiro atoms. The standard InChI is InChI=1S/C21H28F4N4O4/c1-20(12-30)8-15(10-28(11-20)18(31)26-2)29(14-4-5-14)19(32)27-9-13-3-6-16(7-17(13)22)33-21(23,24)25/h3,6-7,14-15,30H,4-5,8-12H2,1-2H3,(H,26,31)(H,27,32)/t15?,20-/m1/s1. The highest BCUT2D eigenvalue weighted by Crippen LogP contribution is 2.37. The largest absolute Gasteiger partial charge is 0.573 e. The van der Waals surface area contributed by atoms with Crippen molar-refractivity contribution in [2.24, 2.45) is 5.41 Å². The molecule has 3 N–H and O–H groups in total. The van der Waals surface area contributed by atoms with E-state index >= 15 is 0 Å². The summed E-state index contributed by atoms with van der Waals surface area (Å²) in [6.07, 6.45) is -2.87. The molecular weight excluding hydrogens is 448 g/mol. The first kappa shape index (κ1) is 24.9. The van der Waals surface area contributed by atoms with Crippen LogP contribution in [-0.4, -0.2) is 72.2 Å². The van der Waals surface area contributed by atoms with Crippen LogP contribution in [0.15, 0.2) is 18.2 Å². The number of ether oxygens (including phenoxy) is 1. The van der Waals surface area contributed by atoms with E-state index in [2.05, 4.69) is 15.4 Å². The Balaban J connectivity index is 1.70. The van der Waals surface area contributed by atoms with Crippen molar-refractivity contribution in [1.82, 2.24) is 20.4 Å². The smallest absolute Gasteiger partial charge is 0.406 e. The van der Waals surface area contributed by atoms with Gasteiger partial charge >= 0.3 is 18.4 Å². The number of carbonyl (C=O) groups excluding carboxylic acids is 2. The summed E-state index contributed by atoms with van der Waals surface area (Å²) in [6.45, 7) is 2.09. The van der Waals surface area contributed by atoms with Gasteiger partial charge in [0.05, 0.1) is 12.6 Å². The van der Waals surface area contributed by atoms with E-state index < -0.39 is 29.4 Å². The number of urea groups is 2. The fourth-order valence-corrected chi connectivity index (χ4v) is 4.20. The summed E-state index contributed by atoms with van der Waals surface area (Å²) >= 11 is 0. The van der Waals surface area contributed by atoms with E-state index in [-0.39, 0.29) is 43.4 Å². The van der Waals surface area contributed by atoms with E-state index in [0.29, 0.717) is 19.0 Å². The van der Waals surface area contributed by atoms with Crippen molar-refractivity contribution in [3.8, 4) is 5.75 Å². The van der Waals surface area contributed by atoms with Gasteiger partial charge in [0.1, 0.15) is 11.6 Å². The Morgan fingerprint density at radius 1 is 1.30 bits per heavy atom. The van der Waals surface area contributed by atoms with Gasteiger partial charge in [-0.15, -0.1) is 13.2 Å². The van der Waals surface area contributed by atoms with Crippen molar-refractivity contribution < 1.29 is 37.0 Å². The molecule has 12 heteroatoms. The Bertz CT molecular complexity index is 880. The molecule has 1 aliphatic carbocycles. The monoisotopic (exact) mass is 476 g/mol. The van der Waals surface area contributed by atoms with Gasteiger partial charge in [-0.25, -0.2) is 14.0 Å². The van der Waals surface area contributed by atoms with Crippen LogP contribution in [0.25, 0.3) is 0 Å². The summed E-state index contributed by atoms with van der Waals surface area (Å²) in [5.74, 6) is -1.62. The van der Waals surface area contributed by atoms with Crippen molar-refractivity contribution in [2.75, 3.05) is 26.7 Å². The van der Waals surface area contributed by atoms with Crippen LogP contribution < -0.4 is 15.4 Å². The maximum absolute atomic E-state index is 14.2. The summed E-state index contributed by atoms with van der Waals surface area (Å²) in [6, 6.07) is 1.56. The van der Waals surface area contributed by atoms with Crippen LogP contribution in [0.1, 0.15) is 31.7 Å². The van der Waals surface area contributed by atoms with Gasteiger partial charge in [0.15, 0.2) is 0 Å². The van der Waals surface area contributed by atoms with Crippen molar-refractivity contribution in [2.45, 2.75) is 51.2 Å². The molecule has 2 fully saturated rings. The number of likely N-dealkylation sites (tertiary alicyclic amines) is 1. The van der Waals surface area contributed by atoms with Gasteiger partial charge in [0, 0.05) is 49.8 Å². The van der Waals surface area contributed by atoms with E-state index in [1.54, 1.807) is 9.80 Å². The summed E-state index contributed by atoms with van der Waals surface area (Å²) in [4.78, 5) is 28.5. The van der Waals surface area contributed by atoms with Crippen LogP contribution in [0.4, 0.5) is 27.2 Å². The number of aliphatic hydroxyl groups excluding tert-OH is 1. The first-order valence-corrected chi connectivity index (χ1v) is 10.6. The summed E-state index contributed by atoms with van der Waals surface area (Å²) in [7, 11) is 1.51. The van der Waals surface area contributed by atoms with E-state index in [1.807, 2.05) is 6.92 Å². The molecule has 184 valence electrons. The minimum Gasteiger partial charge on any atom is -0.406 e. The molecule has 1 aliphatic heterocycles. The Morgan fingerprint density at radius 2 is 2.00 bits per heavy atom. The first-order valence-electron chi connectivity index (χ1n) is 10.6. The lowest BCUT2D eigenvalue weighted by Crippen LogP contribution is -2.60. The molecule has 1 unspecified atom stereocenters. The molecule has 33 heavy (non-hydrogen) atoms. The Morgan fingerprint density at radius 3 is 2.55 bits per heavy atom. The molecule has 3 rings (SSSR count). The topological polar surface area (TPSA) is 94.1 Å². The number of alkyl halides is 3. The summed E-state index contributed by atoms with van der Waals surface area (Å²) in [5.41, 5.74) is -0.590. The number of benzene rings is 1. The lowest BCUT2D eigenvalue weighted by molar-refractivity contribution is -0.274. The second-order valence-electron chi connectivity index (χ2n) is 8.86. The lowest BCUT2D eigenvalue weighted by Gasteiger charge is -2.47. The van der Waals surface area contributed by atoms with Crippen molar-refractivity contribution >= 4 is 12.1 Å². The molecular formula is C21H28F4N4O4. The fourth-order valence-electron chi connectivity index (χ4n) is 4.20. The van der Waals surface area contributed by atoms with Gasteiger partial charge in [0.2, 0.25) is 0 Å². The Labute approximate surface area is 188 Å². The van der Waals surface area contributed by atoms with Crippen LogP contribution in [0.5, 0.6) is 5.75 Å². The van der Waals surface area contributed by atoms with Crippen LogP contribution in [-0.2, 0) is 6.54 Å². The number of aliphatic hydroxyl groups is 1. The number of nitrogens with zero attached hydrogens (tertiary/aromatic N) is 2. The predicted octanol–water partition coefficient (Wildman–Crippen LogP) is 2.81. The SMILES string of the molecule is CNC(=O)N1CC(N(C(=O)NCc2ccc(OC(F)(F)F)cc2F)C2CC2)C[C@@](C)(CO)C1. The number of piperidine rings is 1. The van der Waals surface area contributed by atoms with Gasteiger partial charge in [0.25, 0.3) is 0 Å². The maximum atomic E-state index is 14.2. The number of rotatable bonds is 6. The number of carbonyl (C=O) groups is 2. The second-order valence-corrected chi connectivity index (χ2v) is 8.86. The number of nitrogens with one attached hydrogen (secondary N) is 2. The molecule has 1 saturated heterocycles. The molecule has 2 atom stereocenters. The van der Waals surface area contributed by atoms with E-state index in [0.717, 1.165) is 25.0 Å². The van der Waals surface area contributed by atoms with Crippen molar-refractivity contribution in [1.29, 1.82) is 0 Å². The highest BCUT2D eigenvalue weighted by molar-refractivity contribution is 5.76. The van der Waals surface area contributed by atoms with E-state index in [1.165, 1.54) is 7.05 Å². The lowest BCUT2D eigenvalue weighted by atomic mass is 9.80. The molecule has 0 bridgehead atoms. The molecule has 1 heterocycles. The number of hydrogen-bond acceptors (Lipinski definition) is 4. The molecule has 1 aromatic carbocycles. The maximum Gasteiger partial charge on any atom is 0.573 e. The van der Waals surface area contributed by atoms with Crippen molar-refractivity contribution in [3.63, 3.8) is 0 Å². The zero-order valence-corrected chi connectivity index (χ0v) is 18.4. The quantitative estimate of drug-likeness (QED) is 0.551. The van der Waals surface area contributed by atoms with Gasteiger partial charge < -0.3 is 30.3 Å². The van der Waals surface area contributed by atoms with Crippen LogP contribution in [0, 0.1) is 11.2 Å². The molecule has 8 nitrogen and oxygen atoms in total. The first-order chi connectivity index (χ1) is 15.4. The minimum absolute atomic E-state index is 0.00412. The average molecular weight is 476 g/mol. The van der Waals surface area contributed by atoms with Gasteiger partial charge in [-0.2, -0.15) is 0 Å². The van der Waals surface area contributed by atoms with Crippen LogP contribution >= 0.6 is 0 Å². The van der Waals surface area contributed by atoms with Gasteiger partial charge in [-0.05, 0) is 25.3 Å². The predicted molar refractivity (Wildman–Crippen MR) is 110 cm³/mol. The third-order valence-corrected chi connectivity index (χ3v) is 5.87. The minimum atomic E-state index is -4.93. The fraction of sp³-hybridized carbons (Fsp3) is 0.619. The zero-order chi connectivity index (χ0) is 24.4. The third kappa shape index (κ3) is 6.40. The normalized spacial score (nSPS) is 23.1.